The molecule has 1 aromatic rings. The number of hydrogen-bond donors (Lipinski definition) is 1. The monoisotopic (exact) mass is 223 g/mol. The van der Waals surface area contributed by atoms with Crippen LogP contribution in [0.5, 0.6) is 0 Å². The van der Waals surface area contributed by atoms with E-state index < -0.39 is 12.0 Å². The van der Waals surface area contributed by atoms with Gasteiger partial charge in [0.15, 0.2) is 0 Å². The van der Waals surface area contributed by atoms with Crippen molar-refractivity contribution in [2.45, 2.75) is 38.4 Å². The van der Waals surface area contributed by atoms with E-state index >= 15 is 0 Å². The molecule has 0 amide bonds. The van der Waals surface area contributed by atoms with Gasteiger partial charge in [0.25, 0.3) is 5.82 Å². The zero-order valence-electron chi connectivity index (χ0n) is 8.21. The number of halogens is 3. The first-order valence-corrected chi connectivity index (χ1v) is 4.58. The van der Waals surface area contributed by atoms with E-state index in [-0.39, 0.29) is 18.4 Å². The molecule has 0 aliphatic heterocycles. The fourth-order valence-corrected chi connectivity index (χ4v) is 1.15. The third-order valence-electron chi connectivity index (χ3n) is 1.82. The quantitative estimate of drug-likeness (QED) is 0.844. The smallest absolute Gasteiger partial charge is 0.339 e. The third-order valence-corrected chi connectivity index (χ3v) is 1.82. The maximum absolute atomic E-state index is 12.1. The van der Waals surface area contributed by atoms with Gasteiger partial charge in [0.1, 0.15) is 0 Å². The van der Waals surface area contributed by atoms with Crippen LogP contribution in [0.2, 0.25) is 0 Å². The summed E-state index contributed by atoms with van der Waals surface area (Å²) in [4.78, 5) is 3.22. The Hall–Kier alpha value is -1.11. The van der Waals surface area contributed by atoms with Crippen LogP contribution in [0.3, 0.4) is 0 Å². The van der Waals surface area contributed by atoms with Crippen molar-refractivity contribution in [1.29, 1.82) is 0 Å². The Bertz CT molecular complexity index is 310. The summed E-state index contributed by atoms with van der Waals surface area (Å²) in [5.41, 5.74) is 5.63. The summed E-state index contributed by atoms with van der Waals surface area (Å²) >= 11 is 0. The molecule has 0 bridgehead atoms. The molecule has 1 atom stereocenters. The van der Waals surface area contributed by atoms with E-state index in [0.29, 0.717) is 6.42 Å². The fourth-order valence-electron chi connectivity index (χ4n) is 1.15. The first-order chi connectivity index (χ1) is 6.93. The van der Waals surface area contributed by atoms with Crippen molar-refractivity contribution in [2.24, 2.45) is 5.73 Å². The average Bonchev–Trinajstić information content (AvgIpc) is 2.52. The highest BCUT2D eigenvalue weighted by Crippen LogP contribution is 2.26. The predicted octanol–water partition coefficient (Wildman–Crippen LogP) is 1.76. The van der Waals surface area contributed by atoms with Crippen LogP contribution in [0.15, 0.2) is 4.52 Å². The number of alkyl halides is 3. The zero-order valence-corrected chi connectivity index (χ0v) is 8.21. The van der Waals surface area contributed by atoms with Crippen LogP contribution in [-0.2, 0) is 12.6 Å². The van der Waals surface area contributed by atoms with Gasteiger partial charge >= 0.3 is 6.18 Å². The number of rotatable bonds is 4. The van der Waals surface area contributed by atoms with Crippen molar-refractivity contribution < 1.29 is 17.7 Å². The van der Waals surface area contributed by atoms with Gasteiger partial charge in [0, 0.05) is 12.5 Å². The lowest BCUT2D eigenvalue weighted by atomic mass is 10.1. The molecule has 0 aliphatic carbocycles. The summed E-state index contributed by atoms with van der Waals surface area (Å²) in [6.07, 6.45) is -2.81. The van der Waals surface area contributed by atoms with Crippen molar-refractivity contribution in [2.75, 3.05) is 0 Å². The van der Waals surface area contributed by atoms with E-state index in [0.717, 1.165) is 6.42 Å². The summed E-state index contributed by atoms with van der Waals surface area (Å²) in [7, 11) is 0. The van der Waals surface area contributed by atoms with Gasteiger partial charge in [-0.25, -0.2) is 0 Å². The van der Waals surface area contributed by atoms with Crippen molar-refractivity contribution in [3.05, 3.63) is 11.7 Å². The van der Waals surface area contributed by atoms with Crippen LogP contribution in [-0.4, -0.2) is 16.2 Å². The molecule has 15 heavy (non-hydrogen) atoms. The predicted molar refractivity (Wildman–Crippen MR) is 45.9 cm³/mol. The second-order valence-electron chi connectivity index (χ2n) is 3.26. The minimum atomic E-state index is -4.56. The van der Waals surface area contributed by atoms with E-state index in [2.05, 4.69) is 14.7 Å². The van der Waals surface area contributed by atoms with Gasteiger partial charge in [-0.15, -0.1) is 0 Å². The third kappa shape index (κ3) is 3.50. The standard InChI is InChI=1S/C8H12F3N3O/c1-2-3-5(12)4-6-13-7(14-15-6)8(9,10)11/h5H,2-4,12H2,1H3. The van der Waals surface area contributed by atoms with Crippen LogP contribution >= 0.6 is 0 Å². The lowest BCUT2D eigenvalue weighted by Crippen LogP contribution is -2.22. The zero-order chi connectivity index (χ0) is 11.5. The molecule has 0 saturated heterocycles. The van der Waals surface area contributed by atoms with Gasteiger partial charge in [0.05, 0.1) is 0 Å². The first-order valence-electron chi connectivity index (χ1n) is 4.58. The maximum Gasteiger partial charge on any atom is 0.455 e. The molecule has 0 spiro atoms. The van der Waals surface area contributed by atoms with E-state index in [9.17, 15) is 13.2 Å². The molecule has 0 aliphatic rings. The molecule has 4 nitrogen and oxygen atoms in total. The van der Waals surface area contributed by atoms with Crippen LogP contribution in [0.25, 0.3) is 0 Å². The highest BCUT2D eigenvalue weighted by molar-refractivity contribution is 4.92. The molecule has 0 aromatic carbocycles. The Morgan fingerprint density at radius 1 is 1.47 bits per heavy atom. The SMILES string of the molecule is CCCC(N)Cc1nc(C(F)(F)F)no1. The van der Waals surface area contributed by atoms with Gasteiger partial charge in [-0.05, 0) is 6.42 Å². The molecule has 86 valence electrons. The second kappa shape index (κ2) is 4.61. The Kier molecular flexibility index (Phi) is 3.67. The number of aromatic nitrogens is 2. The fraction of sp³-hybridized carbons (Fsp3) is 0.750. The van der Waals surface area contributed by atoms with Gasteiger partial charge in [-0.2, -0.15) is 18.2 Å². The lowest BCUT2D eigenvalue weighted by Gasteiger charge is -2.05. The molecular formula is C8H12F3N3O. The topological polar surface area (TPSA) is 64.9 Å². The molecular weight excluding hydrogens is 211 g/mol. The summed E-state index contributed by atoms with van der Waals surface area (Å²) in [6.45, 7) is 1.94. The summed E-state index contributed by atoms with van der Waals surface area (Å²) < 4.78 is 40.7. The van der Waals surface area contributed by atoms with Gasteiger partial charge < -0.3 is 10.3 Å². The molecule has 2 N–H and O–H groups in total. The summed E-state index contributed by atoms with van der Waals surface area (Å²) in [6, 6.07) is -0.239. The van der Waals surface area contributed by atoms with Crippen LogP contribution in [0.4, 0.5) is 13.2 Å². The van der Waals surface area contributed by atoms with Crippen LogP contribution in [0.1, 0.15) is 31.5 Å². The normalized spacial score (nSPS) is 14.2. The van der Waals surface area contributed by atoms with E-state index in [4.69, 9.17) is 5.73 Å². The Labute approximate surface area is 84.6 Å². The number of nitrogens with two attached hydrogens (primary N) is 1. The molecule has 0 saturated carbocycles. The van der Waals surface area contributed by atoms with E-state index in [1.807, 2.05) is 6.92 Å². The molecule has 7 heteroatoms. The number of hydrogen-bond acceptors (Lipinski definition) is 4. The van der Waals surface area contributed by atoms with E-state index in [1.165, 1.54) is 0 Å². The molecule has 1 aromatic heterocycles. The lowest BCUT2D eigenvalue weighted by molar-refractivity contribution is -0.146. The first kappa shape index (κ1) is 12.0. The van der Waals surface area contributed by atoms with Crippen molar-refractivity contribution in [1.82, 2.24) is 10.1 Å². The molecule has 0 fully saturated rings. The average molecular weight is 223 g/mol. The Balaban J connectivity index is 2.61. The Morgan fingerprint density at radius 2 is 2.13 bits per heavy atom. The molecule has 1 rings (SSSR count). The van der Waals surface area contributed by atoms with Crippen molar-refractivity contribution in [3.8, 4) is 0 Å². The summed E-state index contributed by atoms with van der Waals surface area (Å²) in [5, 5.41) is 2.83. The minimum Gasteiger partial charge on any atom is -0.339 e. The van der Waals surface area contributed by atoms with Crippen molar-refractivity contribution in [3.63, 3.8) is 0 Å². The summed E-state index contributed by atoms with van der Waals surface area (Å²) in [5.74, 6) is -1.32. The number of nitrogens with zero attached hydrogens (tertiary/aromatic N) is 2. The highest BCUT2D eigenvalue weighted by Gasteiger charge is 2.37. The van der Waals surface area contributed by atoms with Crippen molar-refractivity contribution >= 4 is 0 Å². The Morgan fingerprint density at radius 3 is 2.60 bits per heavy atom. The highest BCUT2D eigenvalue weighted by atomic mass is 19.4. The molecule has 1 unspecified atom stereocenters. The molecule has 1 heterocycles. The maximum atomic E-state index is 12.1. The van der Waals surface area contributed by atoms with Gasteiger partial charge in [0.2, 0.25) is 5.89 Å². The van der Waals surface area contributed by atoms with Gasteiger partial charge in [-0.1, -0.05) is 18.5 Å². The van der Waals surface area contributed by atoms with Crippen LogP contribution < -0.4 is 5.73 Å². The molecule has 0 radical (unpaired) electrons. The van der Waals surface area contributed by atoms with Crippen LogP contribution in [0, 0.1) is 0 Å². The minimum absolute atomic E-state index is 0.0664. The van der Waals surface area contributed by atoms with E-state index in [1.54, 1.807) is 0 Å². The largest absolute Gasteiger partial charge is 0.455 e. The van der Waals surface area contributed by atoms with Gasteiger partial charge in [-0.3, -0.25) is 0 Å². The second-order valence-corrected chi connectivity index (χ2v) is 3.26.